The average molecular weight is 246 g/mol. The Morgan fingerprint density at radius 3 is 2.11 bits per heavy atom. The summed E-state index contributed by atoms with van der Waals surface area (Å²) in [5.41, 5.74) is 1.52. The Kier molecular flexibility index (Phi) is 3.11. The molecule has 1 aromatic rings. The van der Waals surface area contributed by atoms with Gasteiger partial charge in [0.2, 0.25) is 0 Å². The molecule has 0 aliphatic carbocycles. The Balaban J connectivity index is 2.17. The summed E-state index contributed by atoms with van der Waals surface area (Å²) in [7, 11) is 0. The standard InChI is InChI=1S/C14H18N2O2/c1-4-10-5-7-11(8-6-10)9-16-13(18)15-12(17)14(16,2)3/h5-8H,4,9H2,1-3H3,(H,15,17,18). The first kappa shape index (κ1) is 12.6. The minimum Gasteiger partial charge on any atom is -0.306 e. The first-order chi connectivity index (χ1) is 8.45. The molecule has 1 aliphatic heterocycles. The number of carbonyl (C=O) groups excluding carboxylic acids is 2. The molecule has 0 radical (unpaired) electrons. The summed E-state index contributed by atoms with van der Waals surface area (Å²) < 4.78 is 0. The molecule has 96 valence electrons. The third-order valence-electron chi connectivity index (χ3n) is 3.47. The lowest BCUT2D eigenvalue weighted by Crippen LogP contribution is -2.43. The lowest BCUT2D eigenvalue weighted by Gasteiger charge is -2.27. The van der Waals surface area contributed by atoms with Gasteiger partial charge in [0, 0.05) is 6.54 Å². The summed E-state index contributed by atoms with van der Waals surface area (Å²) in [6, 6.07) is 7.80. The van der Waals surface area contributed by atoms with Gasteiger partial charge in [-0.05, 0) is 31.4 Å². The van der Waals surface area contributed by atoms with E-state index in [1.165, 1.54) is 5.56 Å². The molecule has 0 spiro atoms. The SMILES string of the molecule is CCc1ccc(CN2C(=O)NC(=O)C2(C)C)cc1. The molecular weight excluding hydrogens is 228 g/mol. The maximum atomic E-state index is 11.7. The molecule has 1 N–H and O–H groups in total. The van der Waals surface area contributed by atoms with Crippen LogP contribution >= 0.6 is 0 Å². The van der Waals surface area contributed by atoms with Gasteiger partial charge in [-0.15, -0.1) is 0 Å². The third kappa shape index (κ3) is 2.10. The van der Waals surface area contributed by atoms with Crippen LogP contribution in [0.1, 0.15) is 31.9 Å². The van der Waals surface area contributed by atoms with E-state index < -0.39 is 5.54 Å². The average Bonchev–Trinajstić information content (AvgIpc) is 2.53. The van der Waals surface area contributed by atoms with E-state index in [-0.39, 0.29) is 11.9 Å². The summed E-state index contributed by atoms with van der Waals surface area (Å²) in [5, 5.41) is 2.35. The molecular formula is C14H18N2O2. The second-order valence-corrected chi connectivity index (χ2v) is 5.07. The zero-order valence-electron chi connectivity index (χ0n) is 11.0. The largest absolute Gasteiger partial charge is 0.325 e. The topological polar surface area (TPSA) is 49.4 Å². The molecule has 4 nitrogen and oxygen atoms in total. The smallest absolute Gasteiger partial charge is 0.306 e. The van der Waals surface area contributed by atoms with Crippen molar-refractivity contribution in [2.75, 3.05) is 0 Å². The number of amides is 3. The summed E-state index contributed by atoms with van der Waals surface area (Å²) in [6.45, 7) is 6.07. The Morgan fingerprint density at radius 2 is 1.67 bits per heavy atom. The predicted molar refractivity (Wildman–Crippen MR) is 69.0 cm³/mol. The number of urea groups is 1. The van der Waals surface area contributed by atoms with Crippen molar-refractivity contribution in [3.8, 4) is 0 Å². The third-order valence-corrected chi connectivity index (χ3v) is 3.47. The van der Waals surface area contributed by atoms with Gasteiger partial charge < -0.3 is 4.90 Å². The fourth-order valence-electron chi connectivity index (χ4n) is 2.03. The molecule has 3 amide bonds. The maximum Gasteiger partial charge on any atom is 0.325 e. The van der Waals surface area contributed by atoms with Crippen LogP contribution in [0.25, 0.3) is 0 Å². The van der Waals surface area contributed by atoms with Crippen LogP contribution in [0.4, 0.5) is 4.79 Å². The number of rotatable bonds is 3. The number of hydrogen-bond donors (Lipinski definition) is 1. The quantitative estimate of drug-likeness (QED) is 0.830. The van der Waals surface area contributed by atoms with Crippen LogP contribution in [-0.4, -0.2) is 22.4 Å². The van der Waals surface area contributed by atoms with Crippen molar-refractivity contribution in [3.05, 3.63) is 35.4 Å². The molecule has 0 saturated carbocycles. The van der Waals surface area contributed by atoms with Crippen LogP contribution in [0.5, 0.6) is 0 Å². The van der Waals surface area contributed by atoms with E-state index >= 15 is 0 Å². The molecule has 0 bridgehead atoms. The van der Waals surface area contributed by atoms with Crippen molar-refractivity contribution in [2.45, 2.75) is 39.3 Å². The molecule has 0 aromatic heterocycles. The molecule has 2 rings (SSSR count). The second-order valence-electron chi connectivity index (χ2n) is 5.07. The fourth-order valence-corrected chi connectivity index (χ4v) is 2.03. The van der Waals surface area contributed by atoms with Crippen molar-refractivity contribution in [1.29, 1.82) is 0 Å². The molecule has 0 unspecified atom stereocenters. The van der Waals surface area contributed by atoms with Gasteiger partial charge in [0.25, 0.3) is 5.91 Å². The normalized spacial score (nSPS) is 18.1. The lowest BCUT2D eigenvalue weighted by atomic mass is 10.0. The van der Waals surface area contributed by atoms with Crippen LogP contribution in [0.15, 0.2) is 24.3 Å². The zero-order valence-corrected chi connectivity index (χ0v) is 11.0. The van der Waals surface area contributed by atoms with Gasteiger partial charge in [-0.1, -0.05) is 31.2 Å². The number of benzene rings is 1. The Bertz CT molecular complexity index is 477. The number of nitrogens with one attached hydrogen (secondary N) is 1. The Morgan fingerprint density at radius 1 is 1.11 bits per heavy atom. The summed E-state index contributed by atoms with van der Waals surface area (Å²) in [5.74, 6) is -0.238. The van der Waals surface area contributed by atoms with Gasteiger partial charge in [-0.25, -0.2) is 4.79 Å². The lowest BCUT2D eigenvalue weighted by molar-refractivity contribution is -0.125. The Hall–Kier alpha value is -1.84. The van der Waals surface area contributed by atoms with Gasteiger partial charge in [0.05, 0.1) is 0 Å². The number of aryl methyl sites for hydroxylation is 1. The highest BCUT2D eigenvalue weighted by atomic mass is 16.2. The van der Waals surface area contributed by atoms with E-state index in [4.69, 9.17) is 0 Å². The number of carbonyl (C=O) groups is 2. The maximum absolute atomic E-state index is 11.7. The molecule has 1 aliphatic rings. The van der Waals surface area contributed by atoms with Crippen LogP contribution in [0, 0.1) is 0 Å². The van der Waals surface area contributed by atoms with Crippen LogP contribution < -0.4 is 5.32 Å². The molecule has 18 heavy (non-hydrogen) atoms. The number of imide groups is 1. The van der Waals surface area contributed by atoms with Crippen LogP contribution in [0.3, 0.4) is 0 Å². The van der Waals surface area contributed by atoms with E-state index in [0.29, 0.717) is 6.54 Å². The van der Waals surface area contributed by atoms with Crippen molar-refractivity contribution >= 4 is 11.9 Å². The van der Waals surface area contributed by atoms with Crippen LogP contribution in [-0.2, 0) is 17.8 Å². The molecule has 0 atom stereocenters. The summed E-state index contributed by atoms with van der Waals surface area (Å²) in [6.07, 6.45) is 0.995. The first-order valence-electron chi connectivity index (χ1n) is 6.16. The van der Waals surface area contributed by atoms with Gasteiger partial charge >= 0.3 is 6.03 Å². The minimum absolute atomic E-state index is 0.238. The number of hydrogen-bond acceptors (Lipinski definition) is 2. The van der Waals surface area contributed by atoms with E-state index in [1.54, 1.807) is 18.7 Å². The molecule has 1 saturated heterocycles. The summed E-state index contributed by atoms with van der Waals surface area (Å²) >= 11 is 0. The molecule has 1 fully saturated rings. The fraction of sp³-hybridized carbons (Fsp3) is 0.429. The van der Waals surface area contributed by atoms with Crippen molar-refractivity contribution in [2.24, 2.45) is 0 Å². The number of nitrogens with zero attached hydrogens (tertiary/aromatic N) is 1. The molecule has 1 aromatic carbocycles. The Labute approximate surface area is 107 Å². The van der Waals surface area contributed by atoms with E-state index in [1.807, 2.05) is 12.1 Å². The second kappa shape index (κ2) is 4.44. The monoisotopic (exact) mass is 246 g/mol. The van der Waals surface area contributed by atoms with Gasteiger partial charge in [-0.2, -0.15) is 0 Å². The first-order valence-corrected chi connectivity index (χ1v) is 6.16. The van der Waals surface area contributed by atoms with E-state index in [9.17, 15) is 9.59 Å². The highest BCUT2D eigenvalue weighted by Gasteiger charge is 2.45. The van der Waals surface area contributed by atoms with Crippen molar-refractivity contribution < 1.29 is 9.59 Å². The van der Waals surface area contributed by atoms with Gasteiger partial charge in [0.1, 0.15) is 5.54 Å². The predicted octanol–water partition coefficient (Wildman–Crippen LogP) is 2.08. The van der Waals surface area contributed by atoms with E-state index in [2.05, 4.69) is 24.4 Å². The zero-order chi connectivity index (χ0) is 13.3. The highest BCUT2D eigenvalue weighted by molar-refractivity contribution is 6.06. The van der Waals surface area contributed by atoms with E-state index in [0.717, 1.165) is 12.0 Å². The van der Waals surface area contributed by atoms with Gasteiger partial charge in [-0.3, -0.25) is 10.1 Å². The minimum atomic E-state index is -0.777. The summed E-state index contributed by atoms with van der Waals surface area (Å²) in [4.78, 5) is 24.9. The van der Waals surface area contributed by atoms with Crippen molar-refractivity contribution in [3.63, 3.8) is 0 Å². The molecule has 1 heterocycles. The van der Waals surface area contributed by atoms with Gasteiger partial charge in [0.15, 0.2) is 0 Å². The highest BCUT2D eigenvalue weighted by Crippen LogP contribution is 2.23. The van der Waals surface area contributed by atoms with Crippen molar-refractivity contribution in [1.82, 2.24) is 10.2 Å². The molecule has 4 heteroatoms. The van der Waals surface area contributed by atoms with Crippen LogP contribution in [0.2, 0.25) is 0 Å².